The molecule has 0 aromatic carbocycles. The third-order valence-corrected chi connectivity index (χ3v) is 2.63. The minimum absolute atomic E-state index is 0.0347. The maximum atomic E-state index is 12.9. The van der Waals surface area contributed by atoms with Crippen LogP contribution in [0.25, 0.3) is 0 Å². The minimum atomic E-state index is -6.61. The highest BCUT2D eigenvalue weighted by molar-refractivity contribution is 6.02. The van der Waals surface area contributed by atoms with Crippen LogP contribution in [0.1, 0.15) is 32.1 Å². The van der Waals surface area contributed by atoms with E-state index in [0.717, 1.165) is 0 Å². The molecule has 128 valence electrons. The fourth-order valence-corrected chi connectivity index (χ4v) is 1.38. The summed E-state index contributed by atoms with van der Waals surface area (Å²) in [5.74, 6) is -16.7. The molecule has 0 saturated carbocycles. The minimum Gasteiger partial charge on any atom is -0.513 e. The first-order valence-corrected chi connectivity index (χ1v) is 5.97. The summed E-state index contributed by atoms with van der Waals surface area (Å²) < 4.78 is 86.5. The first-order chi connectivity index (χ1) is 9.73. The molecule has 10 heteroatoms. The van der Waals surface area contributed by atoms with Crippen LogP contribution in [-0.2, 0) is 9.59 Å². The van der Waals surface area contributed by atoms with E-state index in [1.165, 1.54) is 0 Å². The van der Waals surface area contributed by atoms with Crippen molar-refractivity contribution in [1.29, 1.82) is 0 Å². The van der Waals surface area contributed by atoms with Gasteiger partial charge in [-0.1, -0.05) is 6.58 Å². The van der Waals surface area contributed by atoms with Gasteiger partial charge in [0.05, 0.1) is 12.2 Å². The van der Waals surface area contributed by atoms with Gasteiger partial charge in [-0.2, -0.15) is 30.7 Å². The van der Waals surface area contributed by atoms with Crippen molar-refractivity contribution in [3.63, 3.8) is 0 Å². The second-order valence-corrected chi connectivity index (χ2v) is 4.56. The summed E-state index contributed by atoms with van der Waals surface area (Å²) in [6.07, 6.45) is -8.46. The van der Waals surface area contributed by atoms with E-state index in [1.807, 2.05) is 0 Å². The summed E-state index contributed by atoms with van der Waals surface area (Å²) in [5.41, 5.74) is 0. The van der Waals surface area contributed by atoms with Crippen molar-refractivity contribution in [1.82, 2.24) is 0 Å². The maximum Gasteiger partial charge on any atom is 0.460 e. The molecule has 0 heterocycles. The molecule has 1 N–H and O–H groups in total. The summed E-state index contributed by atoms with van der Waals surface area (Å²) in [6, 6.07) is 0. The highest BCUT2D eigenvalue weighted by atomic mass is 19.4. The summed E-state index contributed by atoms with van der Waals surface area (Å²) in [5, 5.41) is 8.71. The number of unbranched alkanes of at least 4 members (excludes halogenated alkanes) is 1. The number of ketones is 2. The molecule has 0 fully saturated rings. The van der Waals surface area contributed by atoms with E-state index in [0.29, 0.717) is 0 Å². The molecule has 22 heavy (non-hydrogen) atoms. The van der Waals surface area contributed by atoms with Crippen LogP contribution in [0, 0.1) is 0 Å². The lowest BCUT2D eigenvalue weighted by Gasteiger charge is -2.26. The molecule has 0 amide bonds. The Morgan fingerprint density at radius 1 is 0.909 bits per heavy atom. The average Bonchev–Trinajstić information content (AvgIpc) is 2.32. The third-order valence-electron chi connectivity index (χ3n) is 2.63. The summed E-state index contributed by atoms with van der Waals surface area (Å²) in [4.78, 5) is 22.1. The molecule has 0 radical (unpaired) electrons. The Morgan fingerprint density at radius 2 is 1.36 bits per heavy atom. The normalized spacial score (nSPS) is 13.0. The molecule has 0 aliphatic carbocycles. The molecule has 0 rings (SSSR count). The maximum absolute atomic E-state index is 12.9. The van der Waals surface area contributed by atoms with Gasteiger partial charge >= 0.3 is 18.0 Å². The van der Waals surface area contributed by atoms with Crippen LogP contribution in [0.15, 0.2) is 12.3 Å². The SMILES string of the molecule is C=C(O)CCCCC(=O)CC(=O)C(F)(F)C(F)(F)C(F)(F)F. The summed E-state index contributed by atoms with van der Waals surface area (Å²) in [7, 11) is 0. The van der Waals surface area contributed by atoms with Gasteiger partial charge in [-0.05, 0) is 12.8 Å². The van der Waals surface area contributed by atoms with Gasteiger partial charge in [0, 0.05) is 12.8 Å². The van der Waals surface area contributed by atoms with Gasteiger partial charge in [0.2, 0.25) is 5.78 Å². The van der Waals surface area contributed by atoms with E-state index in [4.69, 9.17) is 5.11 Å². The lowest BCUT2D eigenvalue weighted by Crippen LogP contribution is -2.56. The number of carbonyl (C=O) groups is 2. The smallest absolute Gasteiger partial charge is 0.460 e. The molecule has 0 saturated heterocycles. The number of aliphatic hydroxyl groups excluding tert-OH is 1. The zero-order chi connectivity index (χ0) is 17.8. The Morgan fingerprint density at radius 3 is 1.77 bits per heavy atom. The molecular formula is C12H13F7O3. The van der Waals surface area contributed by atoms with Crippen molar-refractivity contribution in [2.24, 2.45) is 0 Å². The molecule has 0 bridgehead atoms. The van der Waals surface area contributed by atoms with Crippen molar-refractivity contribution < 1.29 is 45.4 Å². The number of Topliss-reactive ketones (excluding diaryl/α,β-unsaturated/α-hetero) is 2. The van der Waals surface area contributed by atoms with Crippen LogP contribution in [0.2, 0.25) is 0 Å². The van der Waals surface area contributed by atoms with E-state index in [1.54, 1.807) is 0 Å². The Labute approximate surface area is 120 Å². The standard InChI is InChI=1S/C12H13F7O3/c1-7(20)4-2-3-5-8(21)6-9(22)10(13,14)11(15,16)12(17,18)19/h20H,1-6H2. The molecule has 0 unspecified atom stereocenters. The van der Waals surface area contributed by atoms with Gasteiger partial charge in [-0.25, -0.2) is 0 Å². The van der Waals surface area contributed by atoms with Crippen LogP contribution in [0.5, 0.6) is 0 Å². The fraction of sp³-hybridized carbons (Fsp3) is 0.667. The topological polar surface area (TPSA) is 54.4 Å². The van der Waals surface area contributed by atoms with E-state index in [-0.39, 0.29) is 25.0 Å². The molecule has 0 atom stereocenters. The number of alkyl halides is 7. The number of halogens is 7. The molecular weight excluding hydrogens is 325 g/mol. The monoisotopic (exact) mass is 338 g/mol. The second-order valence-electron chi connectivity index (χ2n) is 4.56. The van der Waals surface area contributed by atoms with E-state index < -0.39 is 42.4 Å². The largest absolute Gasteiger partial charge is 0.513 e. The lowest BCUT2D eigenvalue weighted by atomic mass is 9.99. The van der Waals surface area contributed by atoms with Crippen LogP contribution < -0.4 is 0 Å². The Bertz CT molecular complexity index is 440. The number of allylic oxidation sites excluding steroid dienone is 1. The van der Waals surface area contributed by atoms with Gasteiger partial charge in [-0.15, -0.1) is 0 Å². The lowest BCUT2D eigenvalue weighted by molar-refractivity contribution is -0.343. The van der Waals surface area contributed by atoms with E-state index >= 15 is 0 Å². The van der Waals surface area contributed by atoms with Crippen molar-refractivity contribution in [2.45, 2.75) is 50.1 Å². The molecule has 0 spiro atoms. The number of carbonyl (C=O) groups excluding carboxylic acids is 2. The van der Waals surface area contributed by atoms with Gasteiger partial charge in [0.25, 0.3) is 0 Å². The Hall–Kier alpha value is -1.61. The van der Waals surface area contributed by atoms with Crippen LogP contribution in [-0.4, -0.2) is 34.7 Å². The molecule has 0 aromatic heterocycles. The predicted molar refractivity (Wildman–Crippen MR) is 60.8 cm³/mol. The van der Waals surface area contributed by atoms with Gasteiger partial charge in [-0.3, -0.25) is 9.59 Å². The van der Waals surface area contributed by atoms with Crippen LogP contribution >= 0.6 is 0 Å². The van der Waals surface area contributed by atoms with E-state index in [2.05, 4.69) is 6.58 Å². The number of hydrogen-bond acceptors (Lipinski definition) is 3. The van der Waals surface area contributed by atoms with Crippen LogP contribution in [0.3, 0.4) is 0 Å². The zero-order valence-electron chi connectivity index (χ0n) is 11.2. The Kier molecular flexibility index (Phi) is 6.58. The quantitative estimate of drug-likeness (QED) is 0.299. The van der Waals surface area contributed by atoms with Crippen molar-refractivity contribution in [3.05, 3.63) is 12.3 Å². The zero-order valence-corrected chi connectivity index (χ0v) is 11.2. The second kappa shape index (κ2) is 7.10. The first kappa shape index (κ1) is 20.4. The van der Waals surface area contributed by atoms with Crippen molar-refractivity contribution >= 4 is 11.6 Å². The summed E-state index contributed by atoms with van der Waals surface area (Å²) >= 11 is 0. The first-order valence-electron chi connectivity index (χ1n) is 5.97. The molecule has 0 aliphatic rings. The van der Waals surface area contributed by atoms with Gasteiger partial charge in [0.1, 0.15) is 5.78 Å². The molecule has 3 nitrogen and oxygen atoms in total. The molecule has 0 aliphatic heterocycles. The highest BCUT2D eigenvalue weighted by Gasteiger charge is 2.75. The third kappa shape index (κ3) is 4.99. The summed E-state index contributed by atoms with van der Waals surface area (Å²) in [6.45, 7) is 3.13. The fourth-order valence-electron chi connectivity index (χ4n) is 1.38. The van der Waals surface area contributed by atoms with Gasteiger partial charge < -0.3 is 5.11 Å². The van der Waals surface area contributed by atoms with E-state index in [9.17, 15) is 40.3 Å². The number of rotatable bonds is 9. The van der Waals surface area contributed by atoms with Gasteiger partial charge in [0.15, 0.2) is 0 Å². The highest BCUT2D eigenvalue weighted by Crippen LogP contribution is 2.47. The predicted octanol–water partition coefficient (Wildman–Crippen LogP) is 3.98. The molecule has 0 aromatic rings. The van der Waals surface area contributed by atoms with Crippen molar-refractivity contribution in [2.75, 3.05) is 0 Å². The van der Waals surface area contributed by atoms with Crippen LogP contribution in [0.4, 0.5) is 30.7 Å². The number of aliphatic hydroxyl groups is 1. The average molecular weight is 338 g/mol. The number of hydrogen-bond donors (Lipinski definition) is 1. The van der Waals surface area contributed by atoms with Crippen molar-refractivity contribution in [3.8, 4) is 0 Å². The Balaban J connectivity index is 4.64.